The van der Waals surface area contributed by atoms with Gasteiger partial charge in [0.15, 0.2) is 0 Å². The molecule has 0 unspecified atom stereocenters. The Bertz CT molecular complexity index is 3310. The van der Waals surface area contributed by atoms with Crippen molar-refractivity contribution in [3.8, 4) is 11.1 Å². The molecule has 4 aromatic heterocycles. The summed E-state index contributed by atoms with van der Waals surface area (Å²) >= 11 is 0. The molecule has 3 nitrogen and oxygen atoms in total. The van der Waals surface area contributed by atoms with E-state index in [-0.39, 0.29) is 0 Å². The van der Waals surface area contributed by atoms with Gasteiger partial charge in [-0.15, -0.1) is 0 Å². The van der Waals surface area contributed by atoms with Crippen molar-refractivity contribution in [2.75, 3.05) is 0 Å². The fraction of sp³-hybridized carbons (Fsp3) is 0. The van der Waals surface area contributed by atoms with Crippen LogP contribution in [0, 0.1) is 0 Å². The van der Waals surface area contributed by atoms with Crippen molar-refractivity contribution in [1.82, 2.24) is 8.80 Å². The van der Waals surface area contributed by atoms with Gasteiger partial charge in [0, 0.05) is 48.9 Å². The molecule has 8 aromatic carbocycles. The minimum atomic E-state index is 0.902. The third-order valence-electron chi connectivity index (χ3n) is 11.0. The standard InChI is InChI=1S/C48H28N2O/c1-2-11-35-30-21-23-40-38-13-4-7-18-44(38)50(46(40)27-30)33-25-31(36-15-9-16-42-41-14-5-8-19-47(41)51-48(36)42)24-32(28-33)49-43-17-6-3-12-37(43)39-22-20-29(26-45(39)49)34(35)10-1/h1-28H. The van der Waals surface area contributed by atoms with Gasteiger partial charge >= 0.3 is 0 Å². The first-order valence-electron chi connectivity index (χ1n) is 17.5. The van der Waals surface area contributed by atoms with Gasteiger partial charge in [-0.25, -0.2) is 0 Å². The van der Waals surface area contributed by atoms with Crippen molar-refractivity contribution < 1.29 is 4.42 Å². The molecule has 3 heteroatoms. The zero-order chi connectivity index (χ0) is 33.2. The molecule has 0 saturated carbocycles. The van der Waals surface area contributed by atoms with Crippen molar-refractivity contribution >= 4 is 98.1 Å². The number of para-hydroxylation sites is 4. The van der Waals surface area contributed by atoms with Crippen molar-refractivity contribution in [1.29, 1.82) is 0 Å². The molecule has 51 heavy (non-hydrogen) atoms. The van der Waals surface area contributed by atoms with Crippen LogP contribution in [-0.2, 0) is 0 Å². The Balaban J connectivity index is 1.39. The molecule has 12 aromatic rings. The van der Waals surface area contributed by atoms with Crippen LogP contribution in [0.25, 0.3) is 109 Å². The van der Waals surface area contributed by atoms with E-state index >= 15 is 0 Å². The summed E-state index contributed by atoms with van der Waals surface area (Å²) in [5.41, 5.74) is 10.9. The number of fused-ring (bicyclic) bond motifs is 18. The molecule has 0 atom stereocenters. The van der Waals surface area contributed by atoms with Crippen LogP contribution in [0.2, 0.25) is 0 Å². The van der Waals surface area contributed by atoms with E-state index in [1.165, 1.54) is 65.2 Å². The predicted molar refractivity (Wildman–Crippen MR) is 215 cm³/mol. The average molecular weight is 649 g/mol. The zero-order valence-electron chi connectivity index (χ0n) is 27.5. The molecular formula is C48H28N2O. The number of furan rings is 1. The third kappa shape index (κ3) is 3.67. The fourth-order valence-corrected chi connectivity index (χ4v) is 8.80. The number of nitrogens with zero attached hydrogens (tertiary/aromatic N) is 2. The second-order valence-electron chi connectivity index (χ2n) is 13.7. The van der Waals surface area contributed by atoms with Crippen molar-refractivity contribution in [2.24, 2.45) is 0 Å². The third-order valence-corrected chi connectivity index (χ3v) is 11.0. The molecule has 0 fully saturated rings. The van der Waals surface area contributed by atoms with Crippen LogP contribution < -0.4 is 0 Å². The number of aromatic nitrogens is 2. The predicted octanol–water partition coefficient (Wildman–Crippen LogP) is 13.2. The maximum Gasteiger partial charge on any atom is 0.143 e. The Morgan fingerprint density at radius 1 is 0.333 bits per heavy atom. The minimum absolute atomic E-state index is 0.902. The van der Waals surface area contributed by atoms with Crippen molar-refractivity contribution in [3.63, 3.8) is 0 Å². The van der Waals surface area contributed by atoms with E-state index in [0.717, 1.165) is 44.1 Å². The van der Waals surface area contributed by atoms with Gasteiger partial charge in [-0.2, -0.15) is 0 Å². The summed E-state index contributed by atoms with van der Waals surface area (Å²) in [7, 11) is 0. The fourth-order valence-electron chi connectivity index (χ4n) is 8.80. The van der Waals surface area contributed by atoms with Crippen LogP contribution in [0.3, 0.4) is 0 Å². The average Bonchev–Trinajstić information content (AvgIpc) is 3.84. The molecule has 12 rings (SSSR count). The van der Waals surface area contributed by atoms with Crippen LogP contribution in [0.15, 0.2) is 174 Å². The molecule has 0 aliphatic carbocycles. The quantitative estimate of drug-likeness (QED) is 0.174. The van der Waals surface area contributed by atoms with Crippen LogP contribution in [0.1, 0.15) is 0 Å². The highest BCUT2D eigenvalue weighted by Gasteiger charge is 2.16. The molecular weight excluding hydrogens is 621 g/mol. The highest BCUT2D eigenvalue weighted by Crippen LogP contribution is 2.40. The van der Waals surface area contributed by atoms with Crippen LogP contribution in [0.5, 0.6) is 0 Å². The molecule has 4 heterocycles. The summed E-state index contributed by atoms with van der Waals surface area (Å²) in [4.78, 5) is 0. The summed E-state index contributed by atoms with van der Waals surface area (Å²) in [6, 6.07) is 62.3. The van der Waals surface area contributed by atoms with Gasteiger partial charge in [-0.1, -0.05) is 121 Å². The highest BCUT2D eigenvalue weighted by atomic mass is 16.3. The lowest BCUT2D eigenvalue weighted by Crippen LogP contribution is -1.90. The van der Waals surface area contributed by atoms with Gasteiger partial charge in [0.1, 0.15) is 11.2 Å². The Hall–Kier alpha value is -6.84. The van der Waals surface area contributed by atoms with Gasteiger partial charge in [-0.3, -0.25) is 0 Å². The van der Waals surface area contributed by atoms with E-state index in [1.807, 2.05) is 6.07 Å². The van der Waals surface area contributed by atoms with Gasteiger partial charge in [0.25, 0.3) is 0 Å². The Kier molecular flexibility index (Phi) is 5.23. The van der Waals surface area contributed by atoms with Gasteiger partial charge < -0.3 is 13.2 Å². The van der Waals surface area contributed by atoms with E-state index in [0.29, 0.717) is 0 Å². The van der Waals surface area contributed by atoms with Gasteiger partial charge in [-0.05, 0) is 75.6 Å². The molecule has 0 aliphatic rings. The summed E-state index contributed by atoms with van der Waals surface area (Å²) < 4.78 is 11.6. The lowest BCUT2D eigenvalue weighted by Gasteiger charge is -2.09. The number of hydrogen-bond donors (Lipinski definition) is 0. The topological polar surface area (TPSA) is 22.0 Å². The molecule has 236 valence electrons. The van der Waals surface area contributed by atoms with Crippen LogP contribution in [0.4, 0.5) is 0 Å². The van der Waals surface area contributed by atoms with E-state index in [4.69, 9.17) is 4.42 Å². The van der Waals surface area contributed by atoms with E-state index in [1.54, 1.807) is 0 Å². The molecule has 0 amide bonds. The first kappa shape index (κ1) is 27.0. The summed E-state index contributed by atoms with van der Waals surface area (Å²) in [6.07, 6.45) is 0. The van der Waals surface area contributed by atoms with Gasteiger partial charge in [0.2, 0.25) is 0 Å². The molecule has 6 bridgehead atoms. The minimum Gasteiger partial charge on any atom is -0.455 e. The maximum atomic E-state index is 6.64. The first-order chi connectivity index (χ1) is 25.3. The molecule has 0 aliphatic heterocycles. The Morgan fingerprint density at radius 2 is 0.824 bits per heavy atom. The number of hydrogen-bond acceptors (Lipinski definition) is 1. The summed E-state index contributed by atoms with van der Waals surface area (Å²) in [5.74, 6) is 0. The van der Waals surface area contributed by atoms with E-state index in [2.05, 4.69) is 173 Å². The molecule has 0 radical (unpaired) electrons. The zero-order valence-corrected chi connectivity index (χ0v) is 27.5. The van der Waals surface area contributed by atoms with E-state index in [9.17, 15) is 0 Å². The second-order valence-corrected chi connectivity index (χ2v) is 13.7. The molecule has 0 spiro atoms. The first-order valence-corrected chi connectivity index (χ1v) is 17.5. The Labute approximate surface area is 291 Å². The van der Waals surface area contributed by atoms with Crippen molar-refractivity contribution in [3.05, 3.63) is 170 Å². The van der Waals surface area contributed by atoms with Crippen molar-refractivity contribution in [2.45, 2.75) is 0 Å². The molecule has 0 saturated heterocycles. The van der Waals surface area contributed by atoms with E-state index < -0.39 is 0 Å². The normalized spacial score (nSPS) is 12.3. The monoisotopic (exact) mass is 648 g/mol. The lowest BCUT2D eigenvalue weighted by atomic mass is 10.0. The SMILES string of the molecule is c1ccc2c(c1)oc1c(-c3cc4cc(c3)n3c5ccccc5c5ccc(cc53)c3ccccc3c3ccc5c6ccccc6n4c5c3)cccc12. The molecule has 0 N–H and O–H groups in total. The summed E-state index contributed by atoms with van der Waals surface area (Å²) in [6.45, 7) is 0. The highest BCUT2D eigenvalue weighted by molar-refractivity contribution is 6.17. The maximum absolute atomic E-state index is 6.64. The number of rotatable bonds is 1. The smallest absolute Gasteiger partial charge is 0.143 e. The largest absolute Gasteiger partial charge is 0.455 e. The number of benzene rings is 8. The Morgan fingerprint density at radius 3 is 1.43 bits per heavy atom. The van der Waals surface area contributed by atoms with Crippen LogP contribution >= 0.6 is 0 Å². The lowest BCUT2D eigenvalue weighted by molar-refractivity contribution is 0.670. The second kappa shape index (κ2) is 9.87. The van der Waals surface area contributed by atoms with Crippen LogP contribution in [-0.4, -0.2) is 8.80 Å². The summed E-state index contributed by atoms with van der Waals surface area (Å²) in [5, 5.41) is 12.1. The van der Waals surface area contributed by atoms with Gasteiger partial charge in [0.05, 0.1) is 22.1 Å².